The third-order valence-corrected chi connectivity index (χ3v) is 6.58. The van der Waals surface area contributed by atoms with Gasteiger partial charge in [0.15, 0.2) is 0 Å². The highest BCUT2D eigenvalue weighted by molar-refractivity contribution is 7.99. The molecule has 0 spiro atoms. The summed E-state index contributed by atoms with van der Waals surface area (Å²) >= 11 is 3.13. The first-order valence-electron chi connectivity index (χ1n) is 7.86. The summed E-state index contributed by atoms with van der Waals surface area (Å²) in [5.74, 6) is 0.612. The average Bonchev–Trinajstić information content (AvgIpc) is 2.83. The van der Waals surface area contributed by atoms with E-state index in [4.69, 9.17) is 5.11 Å². The number of hydrogen-bond donors (Lipinski definition) is 1. The quantitative estimate of drug-likeness (QED) is 0.905. The van der Waals surface area contributed by atoms with Crippen molar-refractivity contribution in [3.63, 3.8) is 0 Å². The second kappa shape index (κ2) is 6.72. The Labute approximate surface area is 149 Å². The van der Waals surface area contributed by atoms with E-state index in [0.29, 0.717) is 17.2 Å². The van der Waals surface area contributed by atoms with Gasteiger partial charge in [-0.15, -0.1) is 11.3 Å². The molecule has 0 saturated carbocycles. The van der Waals surface area contributed by atoms with Gasteiger partial charge in [-0.2, -0.15) is 11.8 Å². The summed E-state index contributed by atoms with van der Waals surface area (Å²) in [6.07, 6.45) is -0.000924. The minimum Gasteiger partial charge on any atom is -0.481 e. The van der Waals surface area contributed by atoms with E-state index >= 15 is 0 Å². The monoisotopic (exact) mass is 364 g/mol. The number of amides is 1. The number of carbonyl (C=O) groups excluding carboxylic acids is 1. The molecule has 24 heavy (non-hydrogen) atoms. The standard InChI is InChI=1S/C17H20N2O3S2/c1-9-6-10(2)18-16-14(9)11(3)15(24-16)17(22)19-4-5-23-8-12(19)7-13(20)21/h6,12H,4-5,7-8H2,1-3H3,(H,20,21)/t12-/m1/s1. The number of carboxylic acid groups (broad SMARTS) is 1. The smallest absolute Gasteiger partial charge is 0.305 e. The van der Waals surface area contributed by atoms with Crippen LogP contribution < -0.4 is 0 Å². The van der Waals surface area contributed by atoms with E-state index < -0.39 is 5.97 Å². The Morgan fingerprint density at radius 1 is 1.38 bits per heavy atom. The van der Waals surface area contributed by atoms with Crippen LogP contribution in [-0.4, -0.2) is 51.0 Å². The van der Waals surface area contributed by atoms with Crippen LogP contribution in [0.5, 0.6) is 0 Å². The number of aliphatic carboxylic acids is 1. The molecule has 0 unspecified atom stereocenters. The molecule has 1 amide bonds. The van der Waals surface area contributed by atoms with Crippen molar-refractivity contribution in [3.8, 4) is 0 Å². The molecule has 1 aliphatic heterocycles. The van der Waals surface area contributed by atoms with E-state index in [2.05, 4.69) is 4.98 Å². The Bertz CT molecular complexity index is 816. The van der Waals surface area contributed by atoms with Crippen LogP contribution in [0.2, 0.25) is 0 Å². The second-order valence-corrected chi connectivity index (χ2v) is 8.29. The summed E-state index contributed by atoms with van der Waals surface area (Å²) in [7, 11) is 0. The minimum atomic E-state index is -0.860. The molecule has 1 aliphatic rings. The maximum Gasteiger partial charge on any atom is 0.305 e. The van der Waals surface area contributed by atoms with Crippen molar-refractivity contribution in [1.29, 1.82) is 0 Å². The van der Waals surface area contributed by atoms with Gasteiger partial charge < -0.3 is 10.0 Å². The Hall–Kier alpha value is -1.60. The summed E-state index contributed by atoms with van der Waals surface area (Å²) < 4.78 is 0. The minimum absolute atomic E-state index is 0.000924. The molecule has 1 N–H and O–H groups in total. The van der Waals surface area contributed by atoms with E-state index in [0.717, 1.165) is 32.8 Å². The predicted octanol–water partition coefficient (Wildman–Crippen LogP) is 3.25. The molecule has 1 fully saturated rings. The van der Waals surface area contributed by atoms with Crippen LogP contribution in [-0.2, 0) is 4.79 Å². The van der Waals surface area contributed by atoms with Crippen LogP contribution in [0.1, 0.15) is 32.9 Å². The van der Waals surface area contributed by atoms with E-state index in [-0.39, 0.29) is 18.4 Å². The number of pyridine rings is 1. The molecule has 0 bridgehead atoms. The van der Waals surface area contributed by atoms with Crippen molar-refractivity contribution in [3.05, 3.63) is 27.8 Å². The van der Waals surface area contributed by atoms with E-state index in [1.165, 1.54) is 11.3 Å². The van der Waals surface area contributed by atoms with E-state index in [1.807, 2.05) is 26.8 Å². The van der Waals surface area contributed by atoms with Gasteiger partial charge in [0, 0.05) is 29.1 Å². The van der Waals surface area contributed by atoms with Gasteiger partial charge in [-0.25, -0.2) is 4.98 Å². The topological polar surface area (TPSA) is 70.5 Å². The molecule has 3 rings (SSSR count). The van der Waals surface area contributed by atoms with Crippen molar-refractivity contribution >= 4 is 45.2 Å². The molecule has 0 radical (unpaired) electrons. The van der Waals surface area contributed by atoms with Crippen molar-refractivity contribution in [2.75, 3.05) is 18.1 Å². The number of hydrogen-bond acceptors (Lipinski definition) is 5. The fourth-order valence-corrected chi connectivity index (χ4v) is 5.57. The van der Waals surface area contributed by atoms with Gasteiger partial charge in [-0.3, -0.25) is 9.59 Å². The number of thioether (sulfide) groups is 1. The van der Waals surface area contributed by atoms with Crippen molar-refractivity contribution in [2.24, 2.45) is 0 Å². The summed E-state index contributed by atoms with van der Waals surface area (Å²) in [6.45, 7) is 6.55. The lowest BCUT2D eigenvalue weighted by Crippen LogP contribution is -2.47. The maximum absolute atomic E-state index is 13.1. The highest BCUT2D eigenvalue weighted by Gasteiger charge is 2.31. The highest BCUT2D eigenvalue weighted by atomic mass is 32.2. The van der Waals surface area contributed by atoms with Gasteiger partial charge in [-0.1, -0.05) is 0 Å². The summed E-state index contributed by atoms with van der Waals surface area (Å²) in [4.78, 5) is 32.1. The number of nitrogens with zero attached hydrogens (tertiary/aromatic N) is 2. The van der Waals surface area contributed by atoms with Gasteiger partial charge >= 0.3 is 5.97 Å². The van der Waals surface area contributed by atoms with Gasteiger partial charge in [0.2, 0.25) is 0 Å². The van der Waals surface area contributed by atoms with Crippen molar-refractivity contribution < 1.29 is 14.7 Å². The van der Waals surface area contributed by atoms with Gasteiger partial charge in [0.05, 0.1) is 17.3 Å². The molecule has 0 aliphatic carbocycles. The van der Waals surface area contributed by atoms with Crippen molar-refractivity contribution in [1.82, 2.24) is 9.88 Å². The molecule has 0 aromatic carbocycles. The number of aromatic nitrogens is 1. The molecule has 2 aromatic rings. The zero-order valence-electron chi connectivity index (χ0n) is 14.0. The Morgan fingerprint density at radius 3 is 2.83 bits per heavy atom. The number of rotatable bonds is 3. The largest absolute Gasteiger partial charge is 0.481 e. The van der Waals surface area contributed by atoms with Crippen LogP contribution in [0.4, 0.5) is 0 Å². The molecule has 1 saturated heterocycles. The first-order chi connectivity index (χ1) is 11.4. The fraction of sp³-hybridized carbons (Fsp3) is 0.471. The number of fused-ring (bicyclic) bond motifs is 1. The zero-order chi connectivity index (χ0) is 17.4. The lowest BCUT2D eigenvalue weighted by atomic mass is 10.1. The Balaban J connectivity index is 1.99. The molecule has 1 atom stereocenters. The number of carboxylic acids is 1. The third kappa shape index (κ3) is 3.15. The van der Waals surface area contributed by atoms with Crippen LogP contribution in [0.15, 0.2) is 6.07 Å². The predicted molar refractivity (Wildman–Crippen MR) is 98.2 cm³/mol. The molecular weight excluding hydrogens is 344 g/mol. The molecule has 7 heteroatoms. The molecule has 128 valence electrons. The molecule has 3 heterocycles. The zero-order valence-corrected chi connectivity index (χ0v) is 15.6. The maximum atomic E-state index is 13.1. The SMILES string of the molecule is Cc1cc(C)c2c(C)c(C(=O)N3CCSC[C@H]3CC(=O)O)sc2n1. The summed E-state index contributed by atoms with van der Waals surface area (Å²) in [6, 6.07) is 1.79. The first kappa shape index (κ1) is 17.2. The summed E-state index contributed by atoms with van der Waals surface area (Å²) in [5, 5.41) is 10.2. The van der Waals surface area contributed by atoms with Crippen LogP contribution in [0.25, 0.3) is 10.2 Å². The molecule has 5 nitrogen and oxygen atoms in total. The number of aryl methyl sites for hydroxylation is 3. The van der Waals surface area contributed by atoms with Gasteiger partial charge in [0.25, 0.3) is 5.91 Å². The van der Waals surface area contributed by atoms with Crippen LogP contribution in [0, 0.1) is 20.8 Å². The van der Waals surface area contributed by atoms with Gasteiger partial charge in [-0.05, 0) is 38.0 Å². The lowest BCUT2D eigenvalue weighted by molar-refractivity contribution is -0.138. The number of thiophene rings is 1. The lowest BCUT2D eigenvalue weighted by Gasteiger charge is -2.34. The second-order valence-electron chi connectivity index (χ2n) is 6.14. The van der Waals surface area contributed by atoms with Crippen molar-refractivity contribution in [2.45, 2.75) is 33.2 Å². The fourth-order valence-electron chi connectivity index (χ4n) is 3.25. The third-order valence-electron chi connectivity index (χ3n) is 4.32. The average molecular weight is 364 g/mol. The van der Waals surface area contributed by atoms with E-state index in [1.54, 1.807) is 16.7 Å². The Morgan fingerprint density at radius 2 is 2.12 bits per heavy atom. The van der Waals surface area contributed by atoms with Crippen LogP contribution in [0.3, 0.4) is 0 Å². The summed E-state index contributed by atoms with van der Waals surface area (Å²) in [5.41, 5.74) is 3.03. The highest BCUT2D eigenvalue weighted by Crippen LogP contribution is 2.34. The first-order valence-corrected chi connectivity index (χ1v) is 9.83. The van der Waals surface area contributed by atoms with Gasteiger partial charge in [0.1, 0.15) is 4.83 Å². The van der Waals surface area contributed by atoms with Crippen LogP contribution >= 0.6 is 23.1 Å². The number of carbonyl (C=O) groups is 2. The Kier molecular flexibility index (Phi) is 4.83. The molecule has 2 aromatic heterocycles. The van der Waals surface area contributed by atoms with E-state index in [9.17, 15) is 9.59 Å². The molecular formula is C17H20N2O3S2. The normalized spacial score (nSPS) is 18.1.